The second kappa shape index (κ2) is 11.2. The molecule has 158 valence electrons. The number of carbonyl (C=O) groups excluding carboxylic acids is 2. The highest BCUT2D eigenvalue weighted by Crippen LogP contribution is 2.37. The first-order valence-corrected chi connectivity index (χ1v) is 12.1. The lowest BCUT2D eigenvalue weighted by molar-refractivity contribution is -0.142. The zero-order valence-corrected chi connectivity index (χ0v) is 18.2. The van der Waals surface area contributed by atoms with Gasteiger partial charge in [-0.15, -0.1) is 11.3 Å². The summed E-state index contributed by atoms with van der Waals surface area (Å²) in [6, 6.07) is 8.35. The van der Waals surface area contributed by atoms with Crippen LogP contribution >= 0.6 is 18.9 Å². The average Bonchev–Trinajstić information content (AvgIpc) is 3.08. The van der Waals surface area contributed by atoms with E-state index in [1.807, 2.05) is 30.3 Å². The summed E-state index contributed by atoms with van der Waals surface area (Å²) in [5, 5.41) is 7.28. The Hall–Kier alpha value is -2.06. The first-order chi connectivity index (χ1) is 13.8. The smallest absolute Gasteiger partial charge is 0.311 e. The first-order valence-electron chi connectivity index (χ1n) is 9.37. The van der Waals surface area contributed by atoms with Crippen LogP contribution in [-0.4, -0.2) is 40.6 Å². The van der Waals surface area contributed by atoms with Crippen LogP contribution in [0, 0.1) is 0 Å². The Labute approximate surface area is 174 Å². The van der Waals surface area contributed by atoms with Crippen LogP contribution in [-0.2, 0) is 31.7 Å². The SMILES string of the molecule is CCCP(=O)(O)NC(Cc1ccccc1)C(=O)Nc1nc(CC(=O)OCC)cs1. The quantitative estimate of drug-likeness (QED) is 0.364. The van der Waals surface area contributed by atoms with Crippen LogP contribution < -0.4 is 10.4 Å². The van der Waals surface area contributed by atoms with Crippen molar-refractivity contribution in [1.29, 1.82) is 0 Å². The lowest BCUT2D eigenvalue weighted by Gasteiger charge is -2.21. The molecule has 2 unspecified atom stereocenters. The van der Waals surface area contributed by atoms with E-state index in [1.165, 1.54) is 11.3 Å². The standard InChI is InChI=1S/C19H26N3O5PS/c1-3-10-28(25,26)22-16(11-14-8-6-5-7-9-14)18(24)21-19-20-15(13-29-19)12-17(23)27-4-2/h5-9,13,16H,3-4,10-12H2,1-2H3,(H,20,21,24)(H2,22,25,26). The molecule has 1 aromatic carbocycles. The molecule has 1 aromatic heterocycles. The van der Waals surface area contributed by atoms with Crippen molar-refractivity contribution in [1.82, 2.24) is 10.1 Å². The highest BCUT2D eigenvalue weighted by Gasteiger charge is 2.28. The fourth-order valence-electron chi connectivity index (χ4n) is 2.66. The summed E-state index contributed by atoms with van der Waals surface area (Å²) in [5.41, 5.74) is 1.36. The second-order valence-corrected chi connectivity index (χ2v) is 9.38. The summed E-state index contributed by atoms with van der Waals surface area (Å²) in [4.78, 5) is 38.7. The molecule has 2 rings (SSSR count). The first kappa shape index (κ1) is 23.2. The molecule has 3 N–H and O–H groups in total. The Morgan fingerprint density at radius 1 is 1.28 bits per heavy atom. The van der Waals surface area contributed by atoms with E-state index in [4.69, 9.17) is 4.74 Å². The molecule has 0 radical (unpaired) electrons. The molecule has 2 aromatic rings. The molecule has 29 heavy (non-hydrogen) atoms. The summed E-state index contributed by atoms with van der Waals surface area (Å²) in [7, 11) is -3.65. The van der Waals surface area contributed by atoms with Crippen LogP contribution in [0.1, 0.15) is 31.5 Å². The minimum Gasteiger partial charge on any atom is -0.466 e. The van der Waals surface area contributed by atoms with E-state index in [0.717, 1.165) is 5.56 Å². The largest absolute Gasteiger partial charge is 0.466 e. The number of nitrogens with one attached hydrogen (secondary N) is 2. The summed E-state index contributed by atoms with van der Waals surface area (Å²) in [6.07, 6.45) is 0.868. The molecule has 1 heterocycles. The van der Waals surface area contributed by atoms with Gasteiger partial charge in [0.15, 0.2) is 5.13 Å². The molecule has 0 spiro atoms. The molecular formula is C19H26N3O5PS. The number of ether oxygens (including phenoxy) is 1. The van der Waals surface area contributed by atoms with Gasteiger partial charge in [0.05, 0.1) is 24.8 Å². The molecule has 0 saturated carbocycles. The molecular weight excluding hydrogens is 413 g/mol. The van der Waals surface area contributed by atoms with Gasteiger partial charge >= 0.3 is 5.97 Å². The van der Waals surface area contributed by atoms with Crippen molar-refractivity contribution in [3.63, 3.8) is 0 Å². The third-order valence-corrected chi connectivity index (χ3v) is 6.47. The maximum absolute atomic E-state index is 12.8. The number of hydrogen-bond acceptors (Lipinski definition) is 6. The third-order valence-electron chi connectivity index (χ3n) is 3.90. The maximum Gasteiger partial charge on any atom is 0.311 e. The summed E-state index contributed by atoms with van der Waals surface area (Å²) < 4.78 is 17.2. The summed E-state index contributed by atoms with van der Waals surface area (Å²) >= 11 is 1.18. The van der Waals surface area contributed by atoms with E-state index in [0.29, 0.717) is 23.9 Å². The predicted octanol–water partition coefficient (Wildman–Crippen LogP) is 2.98. The fourth-order valence-corrected chi connectivity index (χ4v) is 4.80. The van der Waals surface area contributed by atoms with Gasteiger partial charge in [0, 0.05) is 11.5 Å². The monoisotopic (exact) mass is 439 g/mol. The minimum absolute atomic E-state index is 0.0221. The number of nitrogens with zero attached hydrogens (tertiary/aromatic N) is 1. The van der Waals surface area contributed by atoms with Gasteiger partial charge in [-0.05, 0) is 25.3 Å². The zero-order chi connectivity index (χ0) is 21.3. The molecule has 8 nitrogen and oxygen atoms in total. The van der Waals surface area contributed by atoms with E-state index >= 15 is 0 Å². The molecule has 0 aliphatic rings. The van der Waals surface area contributed by atoms with Crippen molar-refractivity contribution < 1.29 is 23.8 Å². The van der Waals surface area contributed by atoms with E-state index in [-0.39, 0.29) is 25.0 Å². The average molecular weight is 439 g/mol. The lowest BCUT2D eigenvalue weighted by atomic mass is 10.1. The highest BCUT2D eigenvalue weighted by atomic mass is 32.1. The number of thiazole rings is 1. The van der Waals surface area contributed by atoms with Gasteiger partial charge in [-0.25, -0.2) is 10.1 Å². The molecule has 1 amide bonds. The highest BCUT2D eigenvalue weighted by molar-refractivity contribution is 7.55. The Morgan fingerprint density at radius 2 is 2.00 bits per heavy atom. The minimum atomic E-state index is -3.65. The van der Waals surface area contributed by atoms with Gasteiger partial charge in [-0.2, -0.15) is 0 Å². The number of benzene rings is 1. The number of carbonyl (C=O) groups is 2. The van der Waals surface area contributed by atoms with Crippen LogP contribution in [0.5, 0.6) is 0 Å². The molecule has 2 atom stereocenters. The van der Waals surface area contributed by atoms with E-state index in [2.05, 4.69) is 15.4 Å². The van der Waals surface area contributed by atoms with Crippen molar-refractivity contribution >= 4 is 35.9 Å². The van der Waals surface area contributed by atoms with E-state index in [1.54, 1.807) is 19.2 Å². The van der Waals surface area contributed by atoms with Gasteiger partial charge in [-0.1, -0.05) is 37.3 Å². The Morgan fingerprint density at radius 3 is 2.66 bits per heavy atom. The molecule has 0 bridgehead atoms. The van der Waals surface area contributed by atoms with Crippen LogP contribution in [0.15, 0.2) is 35.7 Å². The third kappa shape index (κ3) is 8.06. The number of hydrogen-bond donors (Lipinski definition) is 3. The summed E-state index contributed by atoms with van der Waals surface area (Å²) in [6.45, 7) is 3.82. The van der Waals surface area contributed by atoms with Gasteiger partial charge in [0.1, 0.15) is 0 Å². The van der Waals surface area contributed by atoms with Gasteiger partial charge in [0.25, 0.3) is 7.52 Å². The number of anilines is 1. The molecule has 0 saturated heterocycles. The van der Waals surface area contributed by atoms with E-state index < -0.39 is 19.5 Å². The zero-order valence-electron chi connectivity index (χ0n) is 16.5. The van der Waals surface area contributed by atoms with Crippen molar-refractivity contribution in [2.45, 2.75) is 39.2 Å². The Balaban J connectivity index is 2.09. The normalized spacial score (nSPS) is 14.0. The molecule has 10 heteroatoms. The Bertz CT molecular complexity index is 859. The second-order valence-electron chi connectivity index (χ2n) is 6.41. The van der Waals surface area contributed by atoms with Crippen LogP contribution in [0.25, 0.3) is 0 Å². The number of esters is 1. The van der Waals surface area contributed by atoms with E-state index in [9.17, 15) is 19.0 Å². The number of amides is 1. The van der Waals surface area contributed by atoms with Crippen molar-refractivity contribution in [2.24, 2.45) is 0 Å². The van der Waals surface area contributed by atoms with Crippen LogP contribution in [0.4, 0.5) is 5.13 Å². The molecule has 0 aliphatic heterocycles. The van der Waals surface area contributed by atoms with Crippen molar-refractivity contribution in [2.75, 3.05) is 18.1 Å². The number of rotatable bonds is 11. The fraction of sp³-hybridized carbons (Fsp3) is 0.421. The molecule has 0 fully saturated rings. The maximum atomic E-state index is 12.8. The number of aromatic nitrogens is 1. The van der Waals surface area contributed by atoms with Crippen LogP contribution in [0.2, 0.25) is 0 Å². The summed E-state index contributed by atoms with van der Waals surface area (Å²) in [5.74, 6) is -0.851. The Kier molecular flexibility index (Phi) is 8.98. The lowest BCUT2D eigenvalue weighted by Crippen LogP contribution is -2.41. The van der Waals surface area contributed by atoms with Crippen LogP contribution in [0.3, 0.4) is 0 Å². The molecule has 0 aliphatic carbocycles. The van der Waals surface area contributed by atoms with Gasteiger partial charge < -0.3 is 14.9 Å². The predicted molar refractivity (Wildman–Crippen MR) is 113 cm³/mol. The van der Waals surface area contributed by atoms with Crippen molar-refractivity contribution in [3.05, 3.63) is 47.0 Å². The topological polar surface area (TPSA) is 118 Å². The van der Waals surface area contributed by atoms with Gasteiger partial charge in [-0.3, -0.25) is 14.2 Å². The van der Waals surface area contributed by atoms with Crippen molar-refractivity contribution in [3.8, 4) is 0 Å². The van der Waals surface area contributed by atoms with Gasteiger partial charge in [0.2, 0.25) is 5.91 Å².